The summed E-state index contributed by atoms with van der Waals surface area (Å²) in [5.74, 6) is 0.728. The van der Waals surface area contributed by atoms with E-state index in [1.807, 2.05) is 19.9 Å². The zero-order chi connectivity index (χ0) is 28.3. The molecule has 0 radical (unpaired) electrons. The van der Waals surface area contributed by atoms with Gasteiger partial charge in [0.25, 0.3) is 0 Å². The number of nitriles is 1. The molecule has 2 saturated heterocycles. The first-order valence-electron chi connectivity index (χ1n) is 12.3. The second kappa shape index (κ2) is 14.4. The predicted molar refractivity (Wildman–Crippen MR) is 133 cm³/mol. The SMILES string of the molecule is CC(C)C.CC1(C)CC(CC(C#N)NC=O)C(=O)N1.CC1CN(C(=O)CNCC(F)(F)F)CC1(C)C. The Balaban J connectivity index is 0.000000596. The van der Waals surface area contributed by atoms with Crippen molar-refractivity contribution in [1.29, 1.82) is 5.26 Å². The zero-order valence-electron chi connectivity index (χ0n) is 22.9. The van der Waals surface area contributed by atoms with Crippen LogP contribution in [0.1, 0.15) is 68.2 Å². The van der Waals surface area contributed by atoms with Crippen molar-refractivity contribution in [1.82, 2.24) is 20.9 Å². The van der Waals surface area contributed by atoms with E-state index in [0.29, 0.717) is 38.3 Å². The predicted octanol–water partition coefficient (Wildman–Crippen LogP) is 3.23. The molecule has 208 valence electrons. The monoisotopic (exact) mass is 519 g/mol. The van der Waals surface area contributed by atoms with Crippen molar-refractivity contribution in [2.45, 2.75) is 86.0 Å². The Kier molecular flexibility index (Phi) is 13.5. The highest BCUT2D eigenvalue weighted by Crippen LogP contribution is 2.34. The molecule has 11 heteroatoms. The van der Waals surface area contributed by atoms with Crippen molar-refractivity contribution in [2.75, 3.05) is 26.2 Å². The number of amides is 3. The third-order valence-corrected chi connectivity index (χ3v) is 5.92. The Morgan fingerprint density at radius 1 is 1.28 bits per heavy atom. The Morgan fingerprint density at radius 2 is 1.83 bits per heavy atom. The lowest BCUT2D eigenvalue weighted by Crippen LogP contribution is -2.40. The molecular formula is C25H44F3N5O3. The summed E-state index contributed by atoms with van der Waals surface area (Å²) in [6.45, 7) is 16.4. The maximum atomic E-state index is 11.9. The lowest BCUT2D eigenvalue weighted by atomic mass is 9.84. The molecule has 2 rings (SSSR count). The number of carbonyl (C=O) groups excluding carboxylic acids is 3. The molecular weight excluding hydrogens is 475 g/mol. The van der Waals surface area contributed by atoms with Gasteiger partial charge in [-0.05, 0) is 43.9 Å². The standard InChI is InChI=1S/C11H19F3N2O.C10H15N3O2.C4H10/c1-8-5-16(7-10(8,2)3)9(17)4-15-6-11(12,13)14;1-10(2)4-7(9(15)13-10)3-8(5-11)12-6-14;1-4(2)3/h8,15H,4-7H2,1-3H3;6-8H,3-4H2,1-2H3,(H,12,14)(H,13,15);4H,1-3H3. The Morgan fingerprint density at radius 3 is 2.19 bits per heavy atom. The number of halogens is 3. The van der Waals surface area contributed by atoms with Crippen molar-refractivity contribution >= 4 is 18.2 Å². The fourth-order valence-electron chi connectivity index (χ4n) is 3.81. The van der Waals surface area contributed by atoms with Gasteiger partial charge >= 0.3 is 6.18 Å². The minimum atomic E-state index is -4.27. The largest absolute Gasteiger partial charge is 0.401 e. The van der Waals surface area contributed by atoms with E-state index in [4.69, 9.17) is 5.26 Å². The van der Waals surface area contributed by atoms with E-state index in [0.717, 1.165) is 5.92 Å². The summed E-state index contributed by atoms with van der Waals surface area (Å²) in [5, 5.41) is 16.1. The maximum Gasteiger partial charge on any atom is 0.401 e. The summed E-state index contributed by atoms with van der Waals surface area (Å²) in [5.41, 5.74) is -0.164. The minimum Gasteiger partial charge on any atom is -0.351 e. The van der Waals surface area contributed by atoms with E-state index < -0.39 is 18.8 Å². The van der Waals surface area contributed by atoms with Crippen molar-refractivity contribution in [3.05, 3.63) is 0 Å². The van der Waals surface area contributed by atoms with Gasteiger partial charge in [-0.1, -0.05) is 41.5 Å². The highest BCUT2D eigenvalue weighted by molar-refractivity contribution is 5.82. The fourth-order valence-corrected chi connectivity index (χ4v) is 3.81. The van der Waals surface area contributed by atoms with Crippen LogP contribution in [0.15, 0.2) is 0 Å². The van der Waals surface area contributed by atoms with Gasteiger partial charge in [0.15, 0.2) is 0 Å². The van der Waals surface area contributed by atoms with Crippen LogP contribution >= 0.6 is 0 Å². The third kappa shape index (κ3) is 13.7. The van der Waals surface area contributed by atoms with Crippen LogP contribution in [0.4, 0.5) is 13.2 Å². The molecule has 0 aromatic carbocycles. The van der Waals surface area contributed by atoms with Crippen molar-refractivity contribution < 1.29 is 27.6 Å². The normalized spacial score (nSPS) is 22.9. The highest BCUT2D eigenvalue weighted by Gasteiger charge is 2.39. The van der Waals surface area contributed by atoms with Crippen LogP contribution in [0.25, 0.3) is 0 Å². The first-order chi connectivity index (χ1) is 16.3. The molecule has 2 fully saturated rings. The highest BCUT2D eigenvalue weighted by atomic mass is 19.4. The number of hydrogen-bond donors (Lipinski definition) is 3. The second-order valence-corrected chi connectivity index (χ2v) is 11.6. The van der Waals surface area contributed by atoms with Gasteiger partial charge in [-0.25, -0.2) is 0 Å². The first-order valence-corrected chi connectivity index (χ1v) is 12.3. The maximum absolute atomic E-state index is 11.9. The number of nitrogens with zero attached hydrogens (tertiary/aromatic N) is 2. The van der Waals surface area contributed by atoms with E-state index in [2.05, 4.69) is 57.5 Å². The van der Waals surface area contributed by atoms with Gasteiger partial charge in [0.2, 0.25) is 18.2 Å². The summed E-state index contributed by atoms with van der Waals surface area (Å²) in [4.78, 5) is 35.0. The van der Waals surface area contributed by atoms with Crippen molar-refractivity contribution in [2.24, 2.45) is 23.2 Å². The molecule has 36 heavy (non-hydrogen) atoms. The summed E-state index contributed by atoms with van der Waals surface area (Å²) in [7, 11) is 0. The van der Waals surface area contributed by atoms with Gasteiger partial charge < -0.3 is 20.9 Å². The van der Waals surface area contributed by atoms with Gasteiger partial charge in [0, 0.05) is 24.5 Å². The number of alkyl halides is 3. The Labute approximate surface area is 213 Å². The van der Waals surface area contributed by atoms with E-state index in [1.54, 1.807) is 4.90 Å². The number of hydrogen-bond acceptors (Lipinski definition) is 5. The molecule has 3 unspecified atom stereocenters. The van der Waals surface area contributed by atoms with E-state index >= 15 is 0 Å². The number of nitrogens with one attached hydrogen (secondary N) is 3. The summed E-state index contributed by atoms with van der Waals surface area (Å²) < 4.78 is 35.6. The molecule has 0 aromatic heterocycles. The molecule has 0 aromatic rings. The zero-order valence-corrected chi connectivity index (χ0v) is 22.9. The molecule has 0 saturated carbocycles. The van der Waals surface area contributed by atoms with Crippen LogP contribution in [0, 0.1) is 34.5 Å². The lowest BCUT2D eigenvalue weighted by Gasteiger charge is -2.22. The van der Waals surface area contributed by atoms with Gasteiger partial charge in [0.1, 0.15) is 6.04 Å². The average Bonchev–Trinajstić information content (AvgIpc) is 3.13. The molecule has 0 aliphatic carbocycles. The van der Waals surface area contributed by atoms with Crippen molar-refractivity contribution in [3.8, 4) is 6.07 Å². The van der Waals surface area contributed by atoms with Gasteiger partial charge in [-0.15, -0.1) is 0 Å². The van der Waals surface area contributed by atoms with Crippen LogP contribution in [-0.4, -0.2) is 67.1 Å². The van der Waals surface area contributed by atoms with Crippen molar-refractivity contribution in [3.63, 3.8) is 0 Å². The number of rotatable bonds is 7. The molecule has 2 aliphatic heterocycles. The summed E-state index contributed by atoms with van der Waals surface area (Å²) in [6.07, 6.45) is -2.70. The average molecular weight is 520 g/mol. The van der Waals surface area contributed by atoms with Crippen LogP contribution in [0.5, 0.6) is 0 Å². The quantitative estimate of drug-likeness (QED) is 0.447. The lowest BCUT2D eigenvalue weighted by molar-refractivity contribution is -0.133. The topological polar surface area (TPSA) is 114 Å². The molecule has 3 N–H and O–H groups in total. The molecule has 2 heterocycles. The molecule has 2 aliphatic rings. The van der Waals surface area contributed by atoms with Gasteiger partial charge in [-0.3, -0.25) is 14.4 Å². The van der Waals surface area contributed by atoms with Crippen LogP contribution in [-0.2, 0) is 14.4 Å². The van der Waals surface area contributed by atoms with Crippen LogP contribution in [0.2, 0.25) is 0 Å². The van der Waals surface area contributed by atoms with Crippen LogP contribution in [0.3, 0.4) is 0 Å². The first kappa shape index (κ1) is 33.7. The molecule has 0 spiro atoms. The summed E-state index contributed by atoms with van der Waals surface area (Å²) in [6, 6.07) is 1.38. The van der Waals surface area contributed by atoms with Crippen LogP contribution < -0.4 is 16.0 Å². The van der Waals surface area contributed by atoms with Gasteiger partial charge in [0.05, 0.1) is 19.2 Å². The fraction of sp³-hybridized carbons (Fsp3) is 0.840. The smallest absolute Gasteiger partial charge is 0.351 e. The molecule has 3 amide bonds. The van der Waals surface area contributed by atoms with E-state index in [1.165, 1.54) is 0 Å². The second-order valence-electron chi connectivity index (χ2n) is 11.6. The third-order valence-electron chi connectivity index (χ3n) is 5.92. The number of likely N-dealkylation sites (tertiary alicyclic amines) is 1. The van der Waals surface area contributed by atoms with E-state index in [9.17, 15) is 27.6 Å². The summed E-state index contributed by atoms with van der Waals surface area (Å²) >= 11 is 0. The molecule has 3 atom stereocenters. The van der Waals surface area contributed by atoms with Gasteiger partial charge in [-0.2, -0.15) is 18.4 Å². The van der Waals surface area contributed by atoms with E-state index in [-0.39, 0.29) is 35.2 Å². The molecule has 0 bridgehead atoms. The Bertz CT molecular complexity index is 760. The minimum absolute atomic E-state index is 0.0343. The Hall–Kier alpha value is -2.35. The molecule has 8 nitrogen and oxygen atoms in total. The number of carbonyl (C=O) groups is 3.